The van der Waals surface area contributed by atoms with E-state index in [1.807, 2.05) is 41.8 Å². The van der Waals surface area contributed by atoms with Crippen molar-refractivity contribution in [3.63, 3.8) is 0 Å². The number of carbonyl (C=O) groups is 2. The van der Waals surface area contributed by atoms with E-state index in [0.717, 1.165) is 5.56 Å². The van der Waals surface area contributed by atoms with E-state index in [0.29, 0.717) is 34.9 Å². The van der Waals surface area contributed by atoms with Gasteiger partial charge in [0.05, 0.1) is 12.2 Å². The van der Waals surface area contributed by atoms with Gasteiger partial charge in [0.25, 0.3) is 5.91 Å². The van der Waals surface area contributed by atoms with Crippen LogP contribution in [0.2, 0.25) is 0 Å². The van der Waals surface area contributed by atoms with Gasteiger partial charge >= 0.3 is 5.97 Å². The van der Waals surface area contributed by atoms with Crippen molar-refractivity contribution in [2.75, 3.05) is 11.9 Å². The van der Waals surface area contributed by atoms with Crippen molar-refractivity contribution >= 4 is 17.7 Å². The minimum atomic E-state index is -0.434. The van der Waals surface area contributed by atoms with Gasteiger partial charge in [-0.25, -0.2) is 9.78 Å². The lowest BCUT2D eigenvalue weighted by atomic mass is 10.1. The smallest absolute Gasteiger partial charge is 0.355 e. The molecule has 1 N–H and O–H groups in total. The van der Waals surface area contributed by atoms with Gasteiger partial charge < -0.3 is 14.6 Å². The van der Waals surface area contributed by atoms with Crippen LogP contribution in [-0.4, -0.2) is 28.0 Å². The van der Waals surface area contributed by atoms with Crippen molar-refractivity contribution in [3.8, 4) is 0 Å². The van der Waals surface area contributed by atoms with Gasteiger partial charge in [-0.05, 0) is 44.0 Å². The topological polar surface area (TPSA) is 73.2 Å². The van der Waals surface area contributed by atoms with Gasteiger partial charge in [0.1, 0.15) is 11.5 Å². The van der Waals surface area contributed by atoms with Gasteiger partial charge in [-0.1, -0.05) is 36.4 Å². The van der Waals surface area contributed by atoms with Gasteiger partial charge in [0.2, 0.25) is 0 Å². The fourth-order valence-electron chi connectivity index (χ4n) is 3.27. The summed E-state index contributed by atoms with van der Waals surface area (Å²) >= 11 is 0. The number of aromatic nitrogens is 2. The molecular formula is C22H23N3O3. The highest BCUT2D eigenvalue weighted by molar-refractivity contribution is 6.08. The Bertz CT molecular complexity index is 979. The van der Waals surface area contributed by atoms with Crippen LogP contribution in [0.15, 0.2) is 54.7 Å². The lowest BCUT2D eigenvalue weighted by Crippen LogP contribution is -2.15. The summed E-state index contributed by atoms with van der Waals surface area (Å²) < 4.78 is 7.09. The predicted molar refractivity (Wildman–Crippen MR) is 108 cm³/mol. The quantitative estimate of drug-likeness (QED) is 0.660. The van der Waals surface area contributed by atoms with Crippen LogP contribution in [0, 0.1) is 13.8 Å². The molecule has 0 spiro atoms. The average Bonchev–Trinajstić information content (AvgIpc) is 2.93. The number of benzene rings is 1. The molecule has 0 radical (unpaired) electrons. The number of carbonyl (C=O) groups excluding carboxylic acids is 2. The minimum Gasteiger partial charge on any atom is -0.461 e. The van der Waals surface area contributed by atoms with E-state index in [1.54, 1.807) is 38.2 Å². The molecule has 0 aliphatic carbocycles. The molecule has 0 saturated carbocycles. The standard InChI is InChI=1S/C22H23N3O3/c1-4-28-22(27)20-15(2)19(21(26)24-18-12-8-9-13-23-18)16(3)25(20)14-17-10-6-5-7-11-17/h5-13H,4,14H2,1-3H3,(H,23,24,26). The summed E-state index contributed by atoms with van der Waals surface area (Å²) in [5.41, 5.74) is 3.19. The number of pyridine rings is 1. The molecule has 2 heterocycles. The Hall–Kier alpha value is -3.41. The van der Waals surface area contributed by atoms with E-state index in [9.17, 15) is 9.59 Å². The molecule has 144 valence electrons. The summed E-state index contributed by atoms with van der Waals surface area (Å²) in [6.45, 7) is 6.11. The summed E-state index contributed by atoms with van der Waals surface area (Å²) in [5, 5.41) is 2.80. The molecule has 1 aromatic carbocycles. The molecule has 0 atom stereocenters. The molecule has 0 bridgehead atoms. The van der Waals surface area contributed by atoms with E-state index in [4.69, 9.17) is 4.74 Å². The maximum absolute atomic E-state index is 12.9. The molecule has 6 heteroatoms. The summed E-state index contributed by atoms with van der Waals surface area (Å²) in [6.07, 6.45) is 1.61. The number of esters is 1. The van der Waals surface area contributed by atoms with Crippen LogP contribution in [0.5, 0.6) is 0 Å². The van der Waals surface area contributed by atoms with Crippen molar-refractivity contribution < 1.29 is 14.3 Å². The average molecular weight is 377 g/mol. The third kappa shape index (κ3) is 3.96. The number of amides is 1. The van der Waals surface area contributed by atoms with Gasteiger partial charge in [-0.2, -0.15) is 0 Å². The Kier molecular flexibility index (Phi) is 5.89. The third-order valence-electron chi connectivity index (χ3n) is 4.55. The Morgan fingerprint density at radius 3 is 2.43 bits per heavy atom. The third-order valence-corrected chi connectivity index (χ3v) is 4.55. The van der Waals surface area contributed by atoms with Crippen molar-refractivity contribution in [1.29, 1.82) is 0 Å². The fraction of sp³-hybridized carbons (Fsp3) is 0.227. The monoisotopic (exact) mass is 377 g/mol. The lowest BCUT2D eigenvalue weighted by molar-refractivity contribution is 0.0513. The summed E-state index contributed by atoms with van der Waals surface area (Å²) in [6, 6.07) is 15.1. The number of hydrogen-bond acceptors (Lipinski definition) is 4. The number of nitrogens with one attached hydrogen (secondary N) is 1. The summed E-state index contributed by atoms with van der Waals surface area (Å²) in [5.74, 6) is -0.276. The largest absolute Gasteiger partial charge is 0.461 e. The predicted octanol–water partition coefficient (Wildman–Crippen LogP) is 3.98. The SMILES string of the molecule is CCOC(=O)c1c(C)c(C(=O)Nc2ccccn2)c(C)n1Cc1ccccc1. The second-order valence-corrected chi connectivity index (χ2v) is 6.40. The fourth-order valence-corrected chi connectivity index (χ4v) is 3.27. The Morgan fingerprint density at radius 1 is 1.07 bits per heavy atom. The first kappa shape index (κ1) is 19.4. The Morgan fingerprint density at radius 2 is 1.79 bits per heavy atom. The first-order valence-corrected chi connectivity index (χ1v) is 9.16. The van der Waals surface area contributed by atoms with Gasteiger partial charge in [0, 0.05) is 18.4 Å². The number of anilines is 1. The highest BCUT2D eigenvalue weighted by Gasteiger charge is 2.27. The number of rotatable bonds is 6. The highest BCUT2D eigenvalue weighted by atomic mass is 16.5. The van der Waals surface area contributed by atoms with Gasteiger partial charge in [0.15, 0.2) is 0 Å². The van der Waals surface area contributed by atoms with Crippen LogP contribution < -0.4 is 5.32 Å². The molecule has 0 aliphatic rings. The minimum absolute atomic E-state index is 0.267. The van der Waals surface area contributed by atoms with Gasteiger partial charge in [-0.3, -0.25) is 4.79 Å². The van der Waals surface area contributed by atoms with Crippen LogP contribution in [0.4, 0.5) is 5.82 Å². The molecule has 3 aromatic rings. The van der Waals surface area contributed by atoms with Crippen molar-refractivity contribution in [3.05, 3.63) is 82.8 Å². The molecule has 0 aliphatic heterocycles. The zero-order valence-corrected chi connectivity index (χ0v) is 16.2. The molecule has 0 saturated heterocycles. The van der Waals surface area contributed by atoms with Crippen molar-refractivity contribution in [2.45, 2.75) is 27.3 Å². The zero-order valence-electron chi connectivity index (χ0n) is 16.2. The lowest BCUT2D eigenvalue weighted by Gasteiger charge is -2.12. The first-order valence-electron chi connectivity index (χ1n) is 9.16. The second-order valence-electron chi connectivity index (χ2n) is 6.40. The van der Waals surface area contributed by atoms with Crippen molar-refractivity contribution in [1.82, 2.24) is 9.55 Å². The molecule has 28 heavy (non-hydrogen) atoms. The molecule has 2 aromatic heterocycles. The molecule has 3 rings (SSSR count). The first-order chi connectivity index (χ1) is 13.5. The van der Waals surface area contributed by atoms with Crippen LogP contribution in [0.1, 0.15) is 44.6 Å². The summed E-state index contributed by atoms with van der Waals surface area (Å²) in [7, 11) is 0. The highest BCUT2D eigenvalue weighted by Crippen LogP contribution is 2.25. The maximum atomic E-state index is 12.9. The van der Waals surface area contributed by atoms with Crippen LogP contribution in [0.25, 0.3) is 0 Å². The van der Waals surface area contributed by atoms with E-state index in [2.05, 4.69) is 10.3 Å². The second kappa shape index (κ2) is 8.52. The van der Waals surface area contributed by atoms with Crippen LogP contribution in [0.3, 0.4) is 0 Å². The Balaban J connectivity index is 2.04. The molecule has 1 amide bonds. The van der Waals surface area contributed by atoms with E-state index < -0.39 is 5.97 Å². The number of hydrogen-bond donors (Lipinski definition) is 1. The normalized spacial score (nSPS) is 10.5. The molecule has 0 fully saturated rings. The number of nitrogens with zero attached hydrogens (tertiary/aromatic N) is 2. The summed E-state index contributed by atoms with van der Waals surface area (Å²) in [4.78, 5) is 29.7. The van der Waals surface area contributed by atoms with Gasteiger partial charge in [-0.15, -0.1) is 0 Å². The molecule has 6 nitrogen and oxygen atoms in total. The van der Waals surface area contributed by atoms with Crippen LogP contribution >= 0.6 is 0 Å². The van der Waals surface area contributed by atoms with Crippen LogP contribution in [-0.2, 0) is 11.3 Å². The Labute approximate surface area is 164 Å². The maximum Gasteiger partial charge on any atom is 0.355 e. The zero-order chi connectivity index (χ0) is 20.1. The van der Waals surface area contributed by atoms with Crippen molar-refractivity contribution in [2.24, 2.45) is 0 Å². The molecule has 0 unspecified atom stereocenters. The van der Waals surface area contributed by atoms with E-state index in [1.165, 1.54) is 0 Å². The number of ether oxygens (including phenoxy) is 1. The van der Waals surface area contributed by atoms with E-state index in [-0.39, 0.29) is 12.5 Å². The van der Waals surface area contributed by atoms with E-state index >= 15 is 0 Å². The molecular weight excluding hydrogens is 354 g/mol.